The van der Waals surface area contributed by atoms with Gasteiger partial charge in [-0.25, -0.2) is 15.0 Å². The van der Waals surface area contributed by atoms with Crippen molar-refractivity contribution < 1.29 is 9.47 Å². The molecule has 198 valence electrons. The van der Waals surface area contributed by atoms with Crippen LogP contribution in [0.3, 0.4) is 0 Å². The SMILES string of the molecule is CN1CCOCC1.CN=C/C(=C\N)c1ccc(CNc2cc(-c3cnc4cc(OC)ccn34)ncn2)cc1. The molecular formula is C28H34N8O2. The number of hydrogen-bond donors (Lipinski definition) is 2. The van der Waals surface area contributed by atoms with Gasteiger partial charge < -0.3 is 25.4 Å². The highest BCUT2D eigenvalue weighted by atomic mass is 16.5. The minimum Gasteiger partial charge on any atom is -0.497 e. The van der Waals surface area contributed by atoms with Crippen molar-refractivity contribution in [3.8, 4) is 17.1 Å². The Balaban J connectivity index is 0.000000417. The number of benzene rings is 1. The summed E-state index contributed by atoms with van der Waals surface area (Å²) in [6.45, 7) is 4.65. The number of methoxy groups -OCH3 is 1. The van der Waals surface area contributed by atoms with E-state index < -0.39 is 0 Å². The lowest BCUT2D eigenvalue weighted by atomic mass is 10.1. The minimum atomic E-state index is 0.630. The second-order valence-electron chi connectivity index (χ2n) is 8.70. The summed E-state index contributed by atoms with van der Waals surface area (Å²) in [6.07, 6.45) is 8.55. The van der Waals surface area contributed by atoms with Crippen molar-refractivity contribution >= 4 is 23.3 Å². The third-order valence-electron chi connectivity index (χ3n) is 6.09. The van der Waals surface area contributed by atoms with E-state index >= 15 is 0 Å². The molecule has 1 aromatic carbocycles. The Morgan fingerprint density at radius 1 is 1.13 bits per heavy atom. The average Bonchev–Trinajstić information content (AvgIpc) is 3.39. The molecule has 0 aliphatic carbocycles. The van der Waals surface area contributed by atoms with Crippen molar-refractivity contribution in [3.63, 3.8) is 0 Å². The first-order valence-electron chi connectivity index (χ1n) is 12.4. The van der Waals surface area contributed by atoms with Crippen LogP contribution in [0.5, 0.6) is 5.75 Å². The highest BCUT2D eigenvalue weighted by Crippen LogP contribution is 2.23. The van der Waals surface area contributed by atoms with E-state index in [4.69, 9.17) is 15.2 Å². The molecule has 1 aliphatic heterocycles. The molecular weight excluding hydrogens is 480 g/mol. The molecule has 1 saturated heterocycles. The van der Waals surface area contributed by atoms with Crippen LogP contribution in [0.2, 0.25) is 0 Å². The molecule has 0 spiro atoms. The summed E-state index contributed by atoms with van der Waals surface area (Å²) < 4.78 is 12.3. The van der Waals surface area contributed by atoms with Crippen LogP contribution in [0.15, 0.2) is 72.4 Å². The van der Waals surface area contributed by atoms with Crippen molar-refractivity contribution in [2.24, 2.45) is 10.7 Å². The smallest absolute Gasteiger partial charge is 0.140 e. The summed E-state index contributed by atoms with van der Waals surface area (Å²) in [5.41, 5.74) is 11.2. The largest absolute Gasteiger partial charge is 0.497 e. The fraction of sp³-hybridized carbons (Fsp3) is 0.286. The van der Waals surface area contributed by atoms with Gasteiger partial charge >= 0.3 is 0 Å². The molecule has 5 rings (SSSR count). The number of nitrogens with zero attached hydrogens (tertiary/aromatic N) is 6. The highest BCUT2D eigenvalue weighted by Gasteiger charge is 2.09. The van der Waals surface area contributed by atoms with Crippen LogP contribution in [0.4, 0.5) is 5.82 Å². The molecule has 4 heterocycles. The highest BCUT2D eigenvalue weighted by molar-refractivity contribution is 6.09. The van der Waals surface area contributed by atoms with Crippen LogP contribution >= 0.6 is 0 Å². The summed E-state index contributed by atoms with van der Waals surface area (Å²) in [4.78, 5) is 19.5. The lowest BCUT2D eigenvalue weighted by Gasteiger charge is -2.21. The number of aromatic nitrogens is 4. The summed E-state index contributed by atoms with van der Waals surface area (Å²) in [5, 5.41) is 3.35. The van der Waals surface area contributed by atoms with Crippen molar-refractivity contribution in [1.82, 2.24) is 24.3 Å². The predicted molar refractivity (Wildman–Crippen MR) is 151 cm³/mol. The van der Waals surface area contributed by atoms with Gasteiger partial charge in [-0.2, -0.15) is 0 Å². The van der Waals surface area contributed by atoms with Crippen molar-refractivity contribution in [2.45, 2.75) is 6.54 Å². The number of hydrogen-bond acceptors (Lipinski definition) is 9. The number of ether oxygens (including phenoxy) is 2. The third kappa shape index (κ3) is 6.93. The zero-order chi connectivity index (χ0) is 26.7. The maximum atomic E-state index is 5.67. The van der Waals surface area contributed by atoms with Crippen LogP contribution in [0.25, 0.3) is 22.6 Å². The molecule has 0 saturated carbocycles. The minimum absolute atomic E-state index is 0.630. The van der Waals surface area contributed by atoms with Gasteiger partial charge in [0, 0.05) is 63.0 Å². The zero-order valence-corrected chi connectivity index (χ0v) is 22.0. The Bertz CT molecular complexity index is 1380. The molecule has 4 aromatic rings. The van der Waals surface area contributed by atoms with Gasteiger partial charge in [0.1, 0.15) is 23.5 Å². The number of nitrogens with two attached hydrogens (primary N) is 1. The number of imidazole rings is 1. The molecule has 3 aromatic heterocycles. The van der Waals surface area contributed by atoms with Gasteiger partial charge in [-0.1, -0.05) is 24.3 Å². The Morgan fingerprint density at radius 3 is 2.58 bits per heavy atom. The number of aliphatic imine (C=N–C) groups is 1. The van der Waals surface area contributed by atoms with Crippen LogP contribution in [-0.4, -0.2) is 78.0 Å². The van der Waals surface area contributed by atoms with Crippen LogP contribution in [0, 0.1) is 0 Å². The van der Waals surface area contributed by atoms with E-state index in [9.17, 15) is 0 Å². The van der Waals surface area contributed by atoms with E-state index in [1.807, 2.05) is 40.9 Å². The summed E-state index contributed by atoms with van der Waals surface area (Å²) >= 11 is 0. The molecule has 10 nitrogen and oxygen atoms in total. The Labute approximate surface area is 222 Å². The molecule has 0 amide bonds. The Hall–Kier alpha value is -4.28. The van der Waals surface area contributed by atoms with Gasteiger partial charge in [-0.05, 0) is 24.2 Å². The van der Waals surface area contributed by atoms with Gasteiger partial charge in [0.2, 0.25) is 0 Å². The summed E-state index contributed by atoms with van der Waals surface area (Å²) in [7, 11) is 5.48. The molecule has 1 fully saturated rings. The van der Waals surface area contributed by atoms with E-state index in [2.05, 4.69) is 49.3 Å². The van der Waals surface area contributed by atoms with Crippen LogP contribution < -0.4 is 15.8 Å². The quantitative estimate of drug-likeness (QED) is 0.361. The fourth-order valence-corrected chi connectivity index (χ4v) is 3.89. The molecule has 3 N–H and O–H groups in total. The maximum Gasteiger partial charge on any atom is 0.140 e. The monoisotopic (exact) mass is 514 g/mol. The van der Waals surface area contributed by atoms with E-state index in [1.165, 1.54) is 0 Å². The number of rotatable bonds is 7. The number of anilines is 1. The number of likely N-dealkylation sites (N-methyl/N-ethyl adjacent to an activating group) is 1. The first kappa shape index (κ1) is 26.8. The number of nitrogens with one attached hydrogen (secondary N) is 1. The van der Waals surface area contributed by atoms with E-state index in [0.717, 1.165) is 71.6 Å². The van der Waals surface area contributed by atoms with E-state index in [-0.39, 0.29) is 0 Å². The van der Waals surface area contributed by atoms with Crippen molar-refractivity contribution in [1.29, 1.82) is 0 Å². The maximum absolute atomic E-state index is 5.67. The average molecular weight is 515 g/mol. The van der Waals surface area contributed by atoms with Crippen LogP contribution in [-0.2, 0) is 11.3 Å². The fourth-order valence-electron chi connectivity index (χ4n) is 3.89. The molecule has 38 heavy (non-hydrogen) atoms. The van der Waals surface area contributed by atoms with Crippen LogP contribution in [0.1, 0.15) is 11.1 Å². The lowest BCUT2D eigenvalue weighted by molar-refractivity contribution is 0.0503. The summed E-state index contributed by atoms with van der Waals surface area (Å²) in [6, 6.07) is 13.8. The Morgan fingerprint density at radius 2 is 1.92 bits per heavy atom. The van der Waals surface area contributed by atoms with Crippen molar-refractivity contribution in [2.75, 3.05) is 52.8 Å². The molecule has 0 atom stereocenters. The topological polar surface area (TPSA) is 115 Å². The number of allylic oxidation sites excluding steroid dienone is 1. The second kappa shape index (κ2) is 13.3. The van der Waals surface area contributed by atoms with Gasteiger partial charge in [0.25, 0.3) is 0 Å². The molecule has 1 aliphatic rings. The first-order valence-corrected chi connectivity index (χ1v) is 12.4. The lowest BCUT2D eigenvalue weighted by Crippen LogP contribution is -2.32. The standard InChI is InChI=1S/C23H23N7O.C5H11NO/c1-25-13-18(11-24)17-5-3-16(4-6-17)12-26-22-10-20(28-15-29-22)21-14-27-23-9-19(31-2)7-8-30(21)23;1-6-2-4-7-5-3-6/h3-11,13-15H,12,24H2,1-2H3,(H,26,28,29);2-5H2,1H3/b18-11+,25-13?;. The normalized spacial score (nSPS) is 14.3. The molecule has 0 bridgehead atoms. The van der Waals surface area contributed by atoms with E-state index in [0.29, 0.717) is 6.54 Å². The van der Waals surface area contributed by atoms with Crippen molar-refractivity contribution in [3.05, 3.63) is 78.5 Å². The summed E-state index contributed by atoms with van der Waals surface area (Å²) in [5.74, 6) is 1.50. The molecule has 0 radical (unpaired) electrons. The van der Waals surface area contributed by atoms with Gasteiger partial charge in [-0.3, -0.25) is 9.39 Å². The number of fused-ring (bicyclic) bond motifs is 1. The number of morpholine rings is 1. The van der Waals surface area contributed by atoms with Gasteiger partial charge in [0.05, 0.1) is 37.9 Å². The van der Waals surface area contributed by atoms with Gasteiger partial charge in [-0.15, -0.1) is 0 Å². The molecule has 0 unspecified atom stereocenters. The zero-order valence-electron chi connectivity index (χ0n) is 22.0. The molecule has 10 heteroatoms. The second-order valence-corrected chi connectivity index (χ2v) is 8.70. The first-order chi connectivity index (χ1) is 18.6. The number of pyridine rings is 1. The Kier molecular flexibility index (Phi) is 9.38. The third-order valence-corrected chi connectivity index (χ3v) is 6.09. The van der Waals surface area contributed by atoms with E-state index in [1.54, 1.807) is 39.1 Å². The van der Waals surface area contributed by atoms with Gasteiger partial charge in [0.15, 0.2) is 0 Å². The predicted octanol–water partition coefficient (Wildman–Crippen LogP) is 3.36.